The Morgan fingerprint density at radius 2 is 1.82 bits per heavy atom. The van der Waals surface area contributed by atoms with E-state index in [1.165, 1.54) is 68.7 Å². The van der Waals surface area contributed by atoms with Crippen molar-refractivity contribution in [3.05, 3.63) is 35.5 Å². The predicted molar refractivity (Wildman–Crippen MR) is 115 cm³/mol. The number of aliphatic carboxylic acids is 1. The van der Waals surface area contributed by atoms with Crippen molar-refractivity contribution in [2.75, 3.05) is 0 Å². The number of rotatable bonds is 6. The van der Waals surface area contributed by atoms with Gasteiger partial charge in [-0.05, 0) is 60.8 Å². The normalized spacial score (nSPS) is 23.9. The Bertz CT molecular complexity index is 815. The lowest BCUT2D eigenvalue weighted by molar-refractivity contribution is -0.137. The summed E-state index contributed by atoms with van der Waals surface area (Å²) in [5.41, 5.74) is 3.71. The lowest BCUT2D eigenvalue weighted by atomic mass is 9.69. The van der Waals surface area contributed by atoms with Gasteiger partial charge >= 0.3 is 5.97 Å². The number of carbonyl (C=O) groups is 1. The summed E-state index contributed by atoms with van der Waals surface area (Å²) in [4.78, 5) is 11.3. The first kappa shape index (κ1) is 19.5. The predicted octanol–water partition coefficient (Wildman–Crippen LogP) is 6.53. The third-order valence-corrected chi connectivity index (χ3v) is 7.31. The summed E-state index contributed by atoms with van der Waals surface area (Å²) in [6.45, 7) is 2.22. The van der Waals surface area contributed by atoms with Gasteiger partial charge in [-0.1, -0.05) is 64.4 Å². The number of hydrogen-bond acceptors (Lipinski definition) is 1. The monoisotopic (exact) mass is 381 g/mol. The van der Waals surface area contributed by atoms with Gasteiger partial charge in [0.15, 0.2) is 0 Å². The zero-order valence-electron chi connectivity index (χ0n) is 17.3. The van der Waals surface area contributed by atoms with Crippen LogP contribution in [0.25, 0.3) is 10.9 Å². The Morgan fingerprint density at radius 3 is 2.57 bits per heavy atom. The van der Waals surface area contributed by atoms with Gasteiger partial charge in [0.05, 0.1) is 0 Å². The highest BCUT2D eigenvalue weighted by molar-refractivity contribution is 5.84. The third kappa shape index (κ3) is 4.14. The minimum atomic E-state index is -0.762. The topological polar surface area (TPSA) is 42.2 Å². The Morgan fingerprint density at radius 1 is 1.04 bits per heavy atom. The summed E-state index contributed by atoms with van der Waals surface area (Å²) in [5.74, 6) is 1.80. The molecular weight excluding hydrogens is 346 g/mol. The number of aryl methyl sites for hydroxylation is 1. The van der Waals surface area contributed by atoms with Crippen LogP contribution < -0.4 is 0 Å². The number of aromatic nitrogens is 1. The molecule has 4 rings (SSSR count). The van der Waals surface area contributed by atoms with E-state index in [0.29, 0.717) is 5.92 Å². The van der Waals surface area contributed by atoms with Crippen LogP contribution in [0.4, 0.5) is 0 Å². The van der Waals surface area contributed by atoms with Crippen LogP contribution in [0.2, 0.25) is 0 Å². The highest BCUT2D eigenvalue weighted by Crippen LogP contribution is 2.44. The number of benzene rings is 1. The molecule has 28 heavy (non-hydrogen) atoms. The summed E-state index contributed by atoms with van der Waals surface area (Å²) in [6.07, 6.45) is 14.7. The molecule has 2 fully saturated rings. The molecular formula is C25H35NO2. The van der Waals surface area contributed by atoms with E-state index < -0.39 is 5.97 Å². The molecule has 1 aromatic carbocycles. The van der Waals surface area contributed by atoms with E-state index in [2.05, 4.69) is 31.2 Å². The minimum Gasteiger partial charge on any atom is -0.480 e. The summed E-state index contributed by atoms with van der Waals surface area (Å²) in [5, 5.41) is 10.6. The van der Waals surface area contributed by atoms with E-state index in [0.717, 1.165) is 35.9 Å². The van der Waals surface area contributed by atoms with Gasteiger partial charge in [0.25, 0.3) is 0 Å². The van der Waals surface area contributed by atoms with Gasteiger partial charge in [0.2, 0.25) is 0 Å². The fraction of sp³-hybridized carbons (Fsp3) is 0.640. The number of carboxylic acids is 1. The Kier molecular flexibility index (Phi) is 6.08. The molecule has 152 valence electrons. The minimum absolute atomic E-state index is 0.0609. The highest BCUT2D eigenvalue weighted by Gasteiger charge is 2.30. The van der Waals surface area contributed by atoms with Gasteiger partial charge < -0.3 is 9.67 Å². The molecule has 1 heterocycles. The molecule has 0 aliphatic heterocycles. The average Bonchev–Trinajstić information content (AvgIpc) is 3.05. The van der Waals surface area contributed by atoms with Gasteiger partial charge in [-0.25, -0.2) is 0 Å². The van der Waals surface area contributed by atoms with Crippen molar-refractivity contribution in [3.63, 3.8) is 0 Å². The zero-order valence-corrected chi connectivity index (χ0v) is 17.3. The molecule has 3 nitrogen and oxygen atoms in total. The van der Waals surface area contributed by atoms with Crippen LogP contribution in [0.15, 0.2) is 24.3 Å². The molecule has 2 atom stereocenters. The fourth-order valence-electron chi connectivity index (χ4n) is 5.95. The number of nitrogens with zero attached hydrogens (tertiary/aromatic N) is 1. The second-order valence-corrected chi connectivity index (χ2v) is 9.21. The lowest BCUT2D eigenvalue weighted by Gasteiger charge is -2.36. The van der Waals surface area contributed by atoms with E-state index in [1.54, 1.807) is 0 Å². The molecule has 0 unspecified atom stereocenters. The molecule has 0 amide bonds. The lowest BCUT2D eigenvalue weighted by Crippen LogP contribution is -2.23. The second-order valence-electron chi connectivity index (χ2n) is 9.21. The molecule has 2 aliphatic carbocycles. The summed E-state index contributed by atoms with van der Waals surface area (Å²) in [6, 6.07) is 9.05. The molecule has 0 saturated heterocycles. The van der Waals surface area contributed by atoms with Crippen molar-refractivity contribution in [2.45, 2.75) is 90.0 Å². The van der Waals surface area contributed by atoms with Crippen LogP contribution in [0.5, 0.6) is 0 Å². The Hall–Kier alpha value is -1.77. The van der Waals surface area contributed by atoms with Crippen molar-refractivity contribution in [3.8, 4) is 0 Å². The molecule has 2 saturated carbocycles. The van der Waals surface area contributed by atoms with E-state index in [-0.39, 0.29) is 6.54 Å². The van der Waals surface area contributed by atoms with E-state index in [4.69, 9.17) is 0 Å². The van der Waals surface area contributed by atoms with Crippen molar-refractivity contribution >= 4 is 16.9 Å². The highest BCUT2D eigenvalue weighted by atomic mass is 16.4. The standard InChI is InChI=1S/C25H35NO2/c1-2-7-23-16-22-15-21(12-13-24(22)26(23)17-25(27)28)20-11-6-10-19(14-20)18-8-4-3-5-9-18/h12-13,15-16,18-20H,2-11,14,17H2,1H3,(H,27,28)/t19-,20+/m0/s1. The van der Waals surface area contributed by atoms with Crippen molar-refractivity contribution in [1.29, 1.82) is 0 Å². The third-order valence-electron chi connectivity index (χ3n) is 7.31. The van der Waals surface area contributed by atoms with Crippen LogP contribution in [0.3, 0.4) is 0 Å². The van der Waals surface area contributed by atoms with Crippen molar-refractivity contribution < 1.29 is 9.90 Å². The Labute approximate surface area is 169 Å². The van der Waals surface area contributed by atoms with Crippen LogP contribution in [0, 0.1) is 11.8 Å². The van der Waals surface area contributed by atoms with E-state index in [9.17, 15) is 9.90 Å². The SMILES string of the molecule is CCCc1cc2cc([C@@H]3CCC[C@H](C4CCCCC4)C3)ccc2n1CC(=O)O. The summed E-state index contributed by atoms with van der Waals surface area (Å²) < 4.78 is 2.00. The molecule has 1 aromatic heterocycles. The van der Waals surface area contributed by atoms with Gasteiger partial charge in [-0.3, -0.25) is 4.79 Å². The fourth-order valence-corrected chi connectivity index (χ4v) is 5.95. The number of fused-ring (bicyclic) bond motifs is 1. The molecule has 0 radical (unpaired) electrons. The van der Waals surface area contributed by atoms with E-state index in [1.807, 2.05) is 4.57 Å². The van der Waals surface area contributed by atoms with Gasteiger partial charge in [0.1, 0.15) is 6.54 Å². The molecule has 2 aliphatic rings. The van der Waals surface area contributed by atoms with Crippen molar-refractivity contribution in [2.24, 2.45) is 11.8 Å². The molecule has 1 N–H and O–H groups in total. The largest absolute Gasteiger partial charge is 0.480 e. The molecule has 2 aromatic rings. The summed E-state index contributed by atoms with van der Waals surface area (Å²) >= 11 is 0. The number of carboxylic acid groups (broad SMARTS) is 1. The average molecular weight is 382 g/mol. The maximum atomic E-state index is 11.3. The molecule has 0 spiro atoms. The summed E-state index contributed by atoms with van der Waals surface area (Å²) in [7, 11) is 0. The van der Waals surface area contributed by atoms with Gasteiger partial charge in [-0.2, -0.15) is 0 Å². The molecule has 0 bridgehead atoms. The quantitative estimate of drug-likeness (QED) is 0.618. The maximum absolute atomic E-state index is 11.3. The first-order valence-electron chi connectivity index (χ1n) is 11.5. The van der Waals surface area contributed by atoms with Crippen molar-refractivity contribution in [1.82, 2.24) is 4.57 Å². The Balaban J connectivity index is 1.57. The first-order chi connectivity index (χ1) is 13.7. The molecule has 3 heteroatoms. The second kappa shape index (κ2) is 8.71. The van der Waals surface area contributed by atoms with Gasteiger partial charge in [-0.15, -0.1) is 0 Å². The number of hydrogen-bond donors (Lipinski definition) is 1. The van der Waals surface area contributed by atoms with E-state index >= 15 is 0 Å². The maximum Gasteiger partial charge on any atom is 0.323 e. The van der Waals surface area contributed by atoms with Crippen LogP contribution in [-0.4, -0.2) is 15.6 Å². The zero-order chi connectivity index (χ0) is 19.5. The first-order valence-corrected chi connectivity index (χ1v) is 11.5. The van der Waals surface area contributed by atoms with Crippen LogP contribution >= 0.6 is 0 Å². The smallest absolute Gasteiger partial charge is 0.323 e. The van der Waals surface area contributed by atoms with Gasteiger partial charge in [0, 0.05) is 16.6 Å². The van der Waals surface area contributed by atoms with Crippen LogP contribution in [-0.2, 0) is 17.8 Å². The van der Waals surface area contributed by atoms with Crippen LogP contribution in [0.1, 0.15) is 88.3 Å².